The Morgan fingerprint density at radius 3 is 2.71 bits per heavy atom. The molecule has 0 aromatic heterocycles. The van der Waals surface area contributed by atoms with E-state index in [9.17, 15) is 4.79 Å². The van der Waals surface area contributed by atoms with E-state index in [1.54, 1.807) is 6.07 Å². The van der Waals surface area contributed by atoms with Crippen LogP contribution in [0, 0.1) is 5.92 Å². The molecule has 0 radical (unpaired) electrons. The third kappa shape index (κ3) is 3.57. The molecule has 24 heavy (non-hydrogen) atoms. The molecule has 2 aromatic carbocycles. The van der Waals surface area contributed by atoms with E-state index < -0.39 is 0 Å². The fraction of sp³-hybridized carbons (Fsp3) is 0.286. The molecule has 1 aliphatic rings. The maximum atomic E-state index is 11.8. The molecule has 3 rings (SSSR count). The van der Waals surface area contributed by atoms with E-state index >= 15 is 0 Å². The second-order valence-electron chi connectivity index (χ2n) is 6.22. The van der Waals surface area contributed by atoms with Crippen molar-refractivity contribution in [1.29, 1.82) is 0 Å². The molecule has 0 spiro atoms. The zero-order valence-electron chi connectivity index (χ0n) is 14.2. The second-order valence-corrected chi connectivity index (χ2v) is 6.22. The molecule has 2 unspecified atom stereocenters. The summed E-state index contributed by atoms with van der Waals surface area (Å²) in [5.74, 6) is 0.0757. The minimum Gasteiger partial charge on any atom is -0.465 e. The number of carbonyl (C=O) groups is 1. The number of carbonyl (C=O) groups excluding carboxylic acids is 1. The summed E-state index contributed by atoms with van der Waals surface area (Å²) < 4.78 is 4.83. The molecule has 0 fully saturated rings. The number of rotatable bonds is 4. The van der Waals surface area contributed by atoms with Gasteiger partial charge in [-0.25, -0.2) is 4.79 Å². The SMILES string of the molecule is COC(=O)c1cccc(C2=CCNC(Cc3ccccc3)C2C)c1. The summed E-state index contributed by atoms with van der Waals surface area (Å²) >= 11 is 0. The number of hydrogen-bond donors (Lipinski definition) is 1. The van der Waals surface area contributed by atoms with Crippen molar-refractivity contribution in [1.82, 2.24) is 5.32 Å². The van der Waals surface area contributed by atoms with Crippen LogP contribution in [0.25, 0.3) is 5.57 Å². The predicted octanol–water partition coefficient (Wildman–Crippen LogP) is 3.71. The number of benzene rings is 2. The van der Waals surface area contributed by atoms with Gasteiger partial charge in [-0.1, -0.05) is 55.5 Å². The normalized spacial score (nSPS) is 20.3. The lowest BCUT2D eigenvalue weighted by Gasteiger charge is -2.32. The molecule has 2 atom stereocenters. The first-order valence-electron chi connectivity index (χ1n) is 8.35. The Morgan fingerprint density at radius 1 is 1.17 bits per heavy atom. The lowest BCUT2D eigenvalue weighted by Crippen LogP contribution is -2.40. The maximum absolute atomic E-state index is 11.8. The largest absolute Gasteiger partial charge is 0.465 e. The van der Waals surface area contributed by atoms with E-state index in [0.29, 0.717) is 17.5 Å². The third-order valence-electron chi connectivity index (χ3n) is 4.71. The van der Waals surface area contributed by atoms with E-state index in [1.165, 1.54) is 18.2 Å². The fourth-order valence-electron chi connectivity index (χ4n) is 3.34. The third-order valence-corrected chi connectivity index (χ3v) is 4.71. The van der Waals surface area contributed by atoms with Crippen LogP contribution in [0.5, 0.6) is 0 Å². The van der Waals surface area contributed by atoms with Gasteiger partial charge in [0.2, 0.25) is 0 Å². The van der Waals surface area contributed by atoms with Crippen molar-refractivity contribution in [2.24, 2.45) is 5.92 Å². The monoisotopic (exact) mass is 321 g/mol. The molecule has 1 aliphatic heterocycles. The van der Waals surface area contributed by atoms with Crippen LogP contribution < -0.4 is 5.32 Å². The van der Waals surface area contributed by atoms with Crippen molar-refractivity contribution in [2.75, 3.05) is 13.7 Å². The maximum Gasteiger partial charge on any atom is 0.337 e. The van der Waals surface area contributed by atoms with Gasteiger partial charge >= 0.3 is 5.97 Å². The van der Waals surface area contributed by atoms with Crippen molar-refractivity contribution in [2.45, 2.75) is 19.4 Å². The Bertz CT molecular complexity index is 737. The predicted molar refractivity (Wildman–Crippen MR) is 96.9 cm³/mol. The lowest BCUT2D eigenvalue weighted by molar-refractivity contribution is 0.0600. The Morgan fingerprint density at radius 2 is 1.96 bits per heavy atom. The van der Waals surface area contributed by atoms with Crippen LogP contribution >= 0.6 is 0 Å². The molecule has 1 N–H and O–H groups in total. The van der Waals surface area contributed by atoms with Crippen molar-refractivity contribution in [3.05, 3.63) is 77.4 Å². The molecule has 0 aliphatic carbocycles. The highest BCUT2D eigenvalue weighted by atomic mass is 16.5. The standard InChI is InChI=1S/C21H23NO2/c1-15-19(17-9-6-10-18(14-17)21(23)24-2)11-12-22-20(15)13-16-7-4-3-5-8-16/h3-11,14-15,20,22H,12-13H2,1-2H3. The molecule has 0 saturated carbocycles. The van der Waals surface area contributed by atoms with Crippen LogP contribution in [0.15, 0.2) is 60.7 Å². The summed E-state index contributed by atoms with van der Waals surface area (Å²) in [6, 6.07) is 18.7. The summed E-state index contributed by atoms with van der Waals surface area (Å²) in [6.45, 7) is 3.09. The topological polar surface area (TPSA) is 38.3 Å². The zero-order chi connectivity index (χ0) is 16.9. The average molecular weight is 321 g/mol. The quantitative estimate of drug-likeness (QED) is 0.873. The lowest BCUT2D eigenvalue weighted by atomic mass is 9.82. The molecule has 0 amide bonds. The molecule has 0 bridgehead atoms. The van der Waals surface area contributed by atoms with E-state index in [1.807, 2.05) is 18.2 Å². The van der Waals surface area contributed by atoms with E-state index in [-0.39, 0.29) is 5.97 Å². The van der Waals surface area contributed by atoms with Gasteiger partial charge in [0, 0.05) is 12.6 Å². The highest BCUT2D eigenvalue weighted by Gasteiger charge is 2.25. The van der Waals surface area contributed by atoms with E-state index in [4.69, 9.17) is 4.74 Å². The molecule has 2 aromatic rings. The molecular weight excluding hydrogens is 298 g/mol. The van der Waals surface area contributed by atoms with Crippen molar-refractivity contribution in [3.63, 3.8) is 0 Å². The second kappa shape index (κ2) is 7.45. The Kier molecular flexibility index (Phi) is 5.11. The smallest absolute Gasteiger partial charge is 0.337 e. The number of methoxy groups -OCH3 is 1. The highest BCUT2D eigenvalue weighted by molar-refractivity contribution is 5.90. The Labute approximate surface area is 143 Å². The van der Waals surface area contributed by atoms with Crippen LogP contribution in [-0.4, -0.2) is 25.7 Å². The van der Waals surface area contributed by atoms with Gasteiger partial charge in [-0.2, -0.15) is 0 Å². The van der Waals surface area contributed by atoms with Gasteiger partial charge in [0.25, 0.3) is 0 Å². The van der Waals surface area contributed by atoms with Crippen LogP contribution in [0.3, 0.4) is 0 Å². The number of hydrogen-bond acceptors (Lipinski definition) is 3. The first-order valence-corrected chi connectivity index (χ1v) is 8.35. The zero-order valence-corrected chi connectivity index (χ0v) is 14.2. The fourth-order valence-corrected chi connectivity index (χ4v) is 3.34. The van der Waals surface area contributed by atoms with Crippen LogP contribution in [-0.2, 0) is 11.2 Å². The van der Waals surface area contributed by atoms with E-state index in [2.05, 4.69) is 48.6 Å². The molecule has 1 heterocycles. The van der Waals surface area contributed by atoms with Gasteiger partial charge in [-0.3, -0.25) is 0 Å². The van der Waals surface area contributed by atoms with Gasteiger partial charge in [0.15, 0.2) is 0 Å². The Hall–Kier alpha value is -2.39. The first-order chi connectivity index (χ1) is 11.7. The van der Waals surface area contributed by atoms with Crippen molar-refractivity contribution < 1.29 is 9.53 Å². The summed E-state index contributed by atoms with van der Waals surface area (Å²) in [5.41, 5.74) is 4.33. The molecule has 3 heteroatoms. The number of esters is 1. The number of nitrogens with one attached hydrogen (secondary N) is 1. The average Bonchev–Trinajstić information content (AvgIpc) is 2.64. The summed E-state index contributed by atoms with van der Waals surface area (Å²) in [7, 11) is 1.41. The van der Waals surface area contributed by atoms with Crippen LogP contribution in [0.1, 0.15) is 28.4 Å². The summed E-state index contributed by atoms with van der Waals surface area (Å²) in [6.07, 6.45) is 3.22. The van der Waals surface area contributed by atoms with E-state index in [0.717, 1.165) is 18.5 Å². The van der Waals surface area contributed by atoms with Crippen molar-refractivity contribution >= 4 is 11.5 Å². The summed E-state index contributed by atoms with van der Waals surface area (Å²) in [4.78, 5) is 11.8. The minimum absolute atomic E-state index is 0.292. The van der Waals surface area contributed by atoms with Gasteiger partial charge in [-0.15, -0.1) is 0 Å². The molecule has 0 saturated heterocycles. The Balaban J connectivity index is 1.81. The van der Waals surface area contributed by atoms with Gasteiger partial charge in [-0.05, 0) is 41.2 Å². The molecule has 124 valence electrons. The number of ether oxygens (including phenoxy) is 1. The van der Waals surface area contributed by atoms with Gasteiger partial charge in [0.05, 0.1) is 12.7 Å². The van der Waals surface area contributed by atoms with Gasteiger partial charge < -0.3 is 10.1 Å². The first kappa shape index (κ1) is 16.5. The van der Waals surface area contributed by atoms with Crippen molar-refractivity contribution in [3.8, 4) is 0 Å². The minimum atomic E-state index is -0.292. The summed E-state index contributed by atoms with van der Waals surface area (Å²) in [5, 5.41) is 3.60. The van der Waals surface area contributed by atoms with Gasteiger partial charge in [0.1, 0.15) is 0 Å². The van der Waals surface area contributed by atoms with Crippen LogP contribution in [0.2, 0.25) is 0 Å². The molecule has 3 nitrogen and oxygen atoms in total. The highest BCUT2D eigenvalue weighted by Crippen LogP contribution is 2.30. The molecular formula is C21H23NO2. The van der Waals surface area contributed by atoms with Crippen LogP contribution in [0.4, 0.5) is 0 Å².